The molecule has 0 amide bonds. The molecule has 0 bridgehead atoms. The molecule has 0 aromatic carbocycles. The predicted molar refractivity (Wildman–Crippen MR) is 71.8 cm³/mol. The van der Waals surface area contributed by atoms with Crippen LogP contribution in [0.25, 0.3) is 0 Å². The number of hydrogen-bond acceptors (Lipinski definition) is 2. The molecule has 0 saturated heterocycles. The average Bonchev–Trinajstić information content (AvgIpc) is 2.29. The van der Waals surface area contributed by atoms with Gasteiger partial charge in [0.1, 0.15) is 0 Å². The maximum Gasteiger partial charge on any atom is 0.0570 e. The molecule has 2 atom stereocenters. The first-order valence-corrected chi connectivity index (χ1v) is 6.74. The molecule has 1 saturated carbocycles. The average molecular weight is 232 g/mol. The van der Waals surface area contributed by atoms with Crippen LogP contribution in [0.5, 0.6) is 0 Å². The Kier molecular flexibility index (Phi) is 3.82. The van der Waals surface area contributed by atoms with E-state index in [1.165, 1.54) is 25.7 Å². The molecule has 1 aromatic heterocycles. The highest BCUT2D eigenvalue weighted by Crippen LogP contribution is 2.35. The van der Waals surface area contributed by atoms with Crippen LogP contribution in [-0.4, -0.2) is 11.0 Å². The zero-order valence-corrected chi connectivity index (χ0v) is 11.2. The van der Waals surface area contributed by atoms with Gasteiger partial charge in [-0.05, 0) is 43.7 Å². The van der Waals surface area contributed by atoms with Crippen molar-refractivity contribution in [2.24, 2.45) is 5.41 Å². The molecule has 0 spiro atoms. The number of aromatic nitrogens is 1. The van der Waals surface area contributed by atoms with Gasteiger partial charge in [-0.25, -0.2) is 0 Å². The van der Waals surface area contributed by atoms with Crippen LogP contribution in [0.3, 0.4) is 0 Å². The summed E-state index contributed by atoms with van der Waals surface area (Å²) in [5.74, 6) is 0. The SMILES string of the molecule is C[C@H](NC1CCCC(C)(C)C1)c1ccccn1. The van der Waals surface area contributed by atoms with Crippen molar-refractivity contribution >= 4 is 0 Å². The van der Waals surface area contributed by atoms with Gasteiger partial charge < -0.3 is 5.32 Å². The molecule has 1 aromatic rings. The quantitative estimate of drug-likeness (QED) is 0.859. The molecule has 1 fully saturated rings. The largest absolute Gasteiger partial charge is 0.306 e. The Bertz CT molecular complexity index is 345. The minimum absolute atomic E-state index is 0.357. The fraction of sp³-hybridized carbons (Fsp3) is 0.667. The van der Waals surface area contributed by atoms with Crippen molar-refractivity contribution in [2.45, 2.75) is 58.5 Å². The lowest BCUT2D eigenvalue weighted by atomic mass is 9.75. The van der Waals surface area contributed by atoms with Crippen molar-refractivity contribution in [1.82, 2.24) is 10.3 Å². The van der Waals surface area contributed by atoms with Gasteiger partial charge in [-0.15, -0.1) is 0 Å². The van der Waals surface area contributed by atoms with Crippen LogP contribution < -0.4 is 5.32 Å². The summed E-state index contributed by atoms with van der Waals surface area (Å²) in [6, 6.07) is 7.14. The van der Waals surface area contributed by atoms with Gasteiger partial charge in [0.05, 0.1) is 5.69 Å². The van der Waals surface area contributed by atoms with Gasteiger partial charge in [0.15, 0.2) is 0 Å². The van der Waals surface area contributed by atoms with Crippen LogP contribution in [-0.2, 0) is 0 Å². The van der Waals surface area contributed by atoms with E-state index >= 15 is 0 Å². The molecule has 1 N–H and O–H groups in total. The lowest BCUT2D eigenvalue weighted by Gasteiger charge is -2.37. The first kappa shape index (κ1) is 12.6. The van der Waals surface area contributed by atoms with Crippen molar-refractivity contribution in [1.29, 1.82) is 0 Å². The summed E-state index contributed by atoms with van der Waals surface area (Å²) in [6.07, 6.45) is 7.17. The third-order valence-electron chi connectivity index (χ3n) is 3.82. The molecule has 2 nitrogen and oxygen atoms in total. The zero-order valence-electron chi connectivity index (χ0n) is 11.2. The van der Waals surface area contributed by atoms with Crippen LogP contribution in [0, 0.1) is 5.41 Å². The Balaban J connectivity index is 1.93. The van der Waals surface area contributed by atoms with Gasteiger partial charge in [-0.1, -0.05) is 26.3 Å². The Morgan fingerprint density at radius 1 is 1.41 bits per heavy atom. The first-order valence-electron chi connectivity index (χ1n) is 6.74. The summed E-state index contributed by atoms with van der Waals surface area (Å²) in [7, 11) is 0. The maximum atomic E-state index is 4.42. The van der Waals surface area contributed by atoms with Crippen LogP contribution >= 0.6 is 0 Å². The second kappa shape index (κ2) is 5.18. The fourth-order valence-electron chi connectivity index (χ4n) is 2.91. The summed E-state index contributed by atoms with van der Waals surface area (Å²) < 4.78 is 0. The van der Waals surface area contributed by atoms with Gasteiger partial charge in [0.25, 0.3) is 0 Å². The molecule has 1 aliphatic carbocycles. The van der Waals surface area contributed by atoms with Crippen molar-refractivity contribution in [3.63, 3.8) is 0 Å². The molecule has 2 rings (SSSR count). The number of nitrogens with one attached hydrogen (secondary N) is 1. The van der Waals surface area contributed by atoms with Crippen LogP contribution in [0.15, 0.2) is 24.4 Å². The normalized spacial score (nSPS) is 25.5. The fourth-order valence-corrected chi connectivity index (χ4v) is 2.91. The highest BCUT2D eigenvalue weighted by atomic mass is 15.0. The molecular formula is C15H24N2. The molecule has 1 aliphatic rings. The second-order valence-corrected chi connectivity index (χ2v) is 6.10. The van der Waals surface area contributed by atoms with Gasteiger partial charge in [0.2, 0.25) is 0 Å². The summed E-state index contributed by atoms with van der Waals surface area (Å²) in [4.78, 5) is 4.42. The summed E-state index contributed by atoms with van der Waals surface area (Å²) in [6.45, 7) is 6.97. The van der Waals surface area contributed by atoms with Crippen molar-refractivity contribution in [3.05, 3.63) is 30.1 Å². The van der Waals surface area contributed by atoms with E-state index in [1.54, 1.807) is 0 Å². The Morgan fingerprint density at radius 3 is 2.88 bits per heavy atom. The van der Waals surface area contributed by atoms with E-state index in [1.807, 2.05) is 12.3 Å². The molecule has 0 radical (unpaired) electrons. The van der Waals surface area contributed by atoms with Crippen LogP contribution in [0.4, 0.5) is 0 Å². The standard InChI is InChI=1S/C15H24N2/c1-12(14-8-4-5-10-16-14)17-13-7-6-9-15(2,3)11-13/h4-5,8,10,12-13,17H,6-7,9,11H2,1-3H3/t12-,13?/m0/s1. The van der Waals surface area contributed by atoms with Gasteiger partial charge in [-0.3, -0.25) is 4.98 Å². The van der Waals surface area contributed by atoms with Crippen LogP contribution in [0.2, 0.25) is 0 Å². The molecule has 0 aliphatic heterocycles. The monoisotopic (exact) mass is 232 g/mol. The van der Waals surface area contributed by atoms with E-state index in [0.29, 0.717) is 17.5 Å². The highest BCUT2D eigenvalue weighted by Gasteiger charge is 2.28. The van der Waals surface area contributed by atoms with E-state index in [2.05, 4.69) is 43.2 Å². The van der Waals surface area contributed by atoms with Crippen molar-refractivity contribution in [3.8, 4) is 0 Å². The topological polar surface area (TPSA) is 24.9 Å². The number of nitrogens with zero attached hydrogens (tertiary/aromatic N) is 1. The van der Waals surface area contributed by atoms with E-state index in [-0.39, 0.29) is 0 Å². The minimum Gasteiger partial charge on any atom is -0.306 e. The molecule has 94 valence electrons. The summed E-state index contributed by atoms with van der Waals surface area (Å²) >= 11 is 0. The summed E-state index contributed by atoms with van der Waals surface area (Å²) in [5, 5.41) is 3.73. The minimum atomic E-state index is 0.357. The van der Waals surface area contributed by atoms with Gasteiger partial charge in [-0.2, -0.15) is 0 Å². The molecule has 1 heterocycles. The maximum absolute atomic E-state index is 4.42. The third-order valence-corrected chi connectivity index (χ3v) is 3.82. The van der Waals surface area contributed by atoms with Crippen molar-refractivity contribution < 1.29 is 0 Å². The molecular weight excluding hydrogens is 208 g/mol. The van der Waals surface area contributed by atoms with Crippen LogP contribution in [0.1, 0.15) is 58.2 Å². The first-order chi connectivity index (χ1) is 8.07. The number of pyridine rings is 1. The Morgan fingerprint density at radius 2 is 2.24 bits per heavy atom. The third kappa shape index (κ3) is 3.53. The predicted octanol–water partition coefficient (Wildman–Crippen LogP) is 3.70. The smallest absolute Gasteiger partial charge is 0.0570 e. The number of rotatable bonds is 3. The van der Waals surface area contributed by atoms with Gasteiger partial charge >= 0.3 is 0 Å². The van der Waals surface area contributed by atoms with E-state index in [0.717, 1.165) is 5.69 Å². The molecule has 1 unspecified atom stereocenters. The summed E-state index contributed by atoms with van der Waals surface area (Å²) in [5.41, 5.74) is 1.65. The van der Waals surface area contributed by atoms with E-state index in [9.17, 15) is 0 Å². The Hall–Kier alpha value is -0.890. The molecule has 2 heteroatoms. The lowest BCUT2D eigenvalue weighted by molar-refractivity contribution is 0.190. The van der Waals surface area contributed by atoms with Crippen molar-refractivity contribution in [2.75, 3.05) is 0 Å². The van der Waals surface area contributed by atoms with E-state index in [4.69, 9.17) is 0 Å². The Labute approximate surface area is 105 Å². The molecule has 17 heavy (non-hydrogen) atoms. The second-order valence-electron chi connectivity index (χ2n) is 6.10. The van der Waals surface area contributed by atoms with Gasteiger partial charge in [0, 0.05) is 18.3 Å². The lowest BCUT2D eigenvalue weighted by Crippen LogP contribution is -2.38. The number of hydrogen-bond donors (Lipinski definition) is 1. The highest BCUT2D eigenvalue weighted by molar-refractivity contribution is 5.08. The van der Waals surface area contributed by atoms with E-state index < -0.39 is 0 Å². The zero-order chi connectivity index (χ0) is 12.3.